The van der Waals surface area contributed by atoms with Gasteiger partial charge in [0.05, 0.1) is 5.39 Å². The molecular weight excluding hydrogens is 268 g/mol. The monoisotopic (exact) mass is 288 g/mol. The quantitative estimate of drug-likeness (QED) is 0.919. The van der Waals surface area contributed by atoms with Gasteiger partial charge in [-0.1, -0.05) is 6.42 Å². The average Bonchev–Trinajstić information content (AvgIpc) is 2.88. The molecule has 1 aliphatic carbocycles. The molecule has 3 heterocycles. The van der Waals surface area contributed by atoms with Crippen molar-refractivity contribution >= 4 is 27.4 Å². The van der Waals surface area contributed by atoms with Crippen LogP contribution in [0.3, 0.4) is 0 Å². The van der Waals surface area contributed by atoms with E-state index in [1.165, 1.54) is 60.8 Å². The van der Waals surface area contributed by atoms with Crippen molar-refractivity contribution in [2.45, 2.75) is 44.9 Å². The molecule has 2 aromatic rings. The Morgan fingerprint density at radius 2 is 1.85 bits per heavy atom. The lowest BCUT2D eigenvalue weighted by Gasteiger charge is -2.27. The van der Waals surface area contributed by atoms with Crippen LogP contribution in [-0.2, 0) is 12.8 Å². The van der Waals surface area contributed by atoms with Crippen molar-refractivity contribution in [2.24, 2.45) is 0 Å². The predicted molar refractivity (Wildman–Crippen MR) is 83.1 cm³/mol. The second-order valence-electron chi connectivity index (χ2n) is 5.77. The summed E-state index contributed by atoms with van der Waals surface area (Å²) in [6.45, 7) is 2.25. The van der Waals surface area contributed by atoms with Gasteiger partial charge in [-0.05, 0) is 44.1 Å². The molecule has 1 N–H and O–H groups in total. The van der Waals surface area contributed by atoms with Crippen molar-refractivity contribution in [3.8, 4) is 0 Å². The molecule has 2 aromatic heterocycles. The molecule has 2 aliphatic rings. The summed E-state index contributed by atoms with van der Waals surface area (Å²) in [5.41, 5.74) is 5.06. The fourth-order valence-electron chi connectivity index (χ4n) is 3.33. The van der Waals surface area contributed by atoms with Crippen LogP contribution >= 0.6 is 11.3 Å². The van der Waals surface area contributed by atoms with E-state index in [9.17, 15) is 0 Å². The molecule has 4 nitrogen and oxygen atoms in total. The van der Waals surface area contributed by atoms with E-state index in [1.807, 2.05) is 11.3 Å². The summed E-state index contributed by atoms with van der Waals surface area (Å²) in [4.78, 5) is 11.7. The lowest BCUT2D eigenvalue weighted by atomic mass is 9.97. The number of anilines is 1. The fraction of sp³-hybridized carbons (Fsp3) is 0.600. The fourth-order valence-corrected chi connectivity index (χ4v) is 4.56. The number of hydrogen-bond acceptors (Lipinski definition) is 5. The van der Waals surface area contributed by atoms with Gasteiger partial charge in [0.2, 0.25) is 0 Å². The van der Waals surface area contributed by atoms with Crippen LogP contribution in [0.2, 0.25) is 0 Å². The first-order valence-corrected chi connectivity index (χ1v) is 8.50. The van der Waals surface area contributed by atoms with Crippen LogP contribution in [0.5, 0.6) is 0 Å². The molecule has 0 saturated carbocycles. The summed E-state index contributed by atoms with van der Waals surface area (Å²) >= 11 is 1.87. The SMILES string of the molecule is c1nc(NN2CCCCC2)c2c3c(sc2n1)CCCC3. The third kappa shape index (κ3) is 2.19. The Kier molecular flexibility index (Phi) is 3.32. The van der Waals surface area contributed by atoms with Crippen LogP contribution < -0.4 is 5.43 Å². The van der Waals surface area contributed by atoms with Crippen LogP contribution in [0.25, 0.3) is 10.2 Å². The van der Waals surface area contributed by atoms with Gasteiger partial charge in [0.25, 0.3) is 0 Å². The van der Waals surface area contributed by atoms with Gasteiger partial charge in [0.1, 0.15) is 11.2 Å². The highest BCUT2D eigenvalue weighted by molar-refractivity contribution is 7.19. The van der Waals surface area contributed by atoms with Crippen molar-refractivity contribution in [2.75, 3.05) is 18.5 Å². The van der Waals surface area contributed by atoms with Crippen molar-refractivity contribution in [3.05, 3.63) is 16.8 Å². The third-order valence-corrected chi connectivity index (χ3v) is 5.57. The molecule has 0 radical (unpaired) electrons. The van der Waals surface area contributed by atoms with E-state index in [0.717, 1.165) is 23.7 Å². The number of nitrogens with one attached hydrogen (secondary N) is 1. The van der Waals surface area contributed by atoms with E-state index >= 15 is 0 Å². The minimum atomic E-state index is 1.02. The molecular formula is C15H20N4S. The minimum absolute atomic E-state index is 1.02. The maximum absolute atomic E-state index is 4.52. The number of rotatable bonds is 2. The van der Waals surface area contributed by atoms with E-state index in [-0.39, 0.29) is 0 Å². The Morgan fingerprint density at radius 3 is 2.75 bits per heavy atom. The summed E-state index contributed by atoms with van der Waals surface area (Å²) < 4.78 is 0. The molecule has 0 spiro atoms. The highest BCUT2D eigenvalue weighted by atomic mass is 32.1. The maximum atomic E-state index is 4.52. The van der Waals surface area contributed by atoms with Gasteiger partial charge >= 0.3 is 0 Å². The third-order valence-electron chi connectivity index (χ3n) is 4.37. The first-order valence-electron chi connectivity index (χ1n) is 7.69. The van der Waals surface area contributed by atoms with Gasteiger partial charge in [-0.15, -0.1) is 11.3 Å². The van der Waals surface area contributed by atoms with E-state index in [4.69, 9.17) is 0 Å². The summed E-state index contributed by atoms with van der Waals surface area (Å²) in [5, 5.41) is 3.61. The summed E-state index contributed by atoms with van der Waals surface area (Å²) in [5.74, 6) is 1.02. The van der Waals surface area contributed by atoms with Crippen LogP contribution in [-0.4, -0.2) is 28.1 Å². The molecule has 0 unspecified atom stereocenters. The number of aryl methyl sites for hydroxylation is 2. The second-order valence-corrected chi connectivity index (χ2v) is 6.86. The Hall–Kier alpha value is -1.20. The smallest absolute Gasteiger partial charge is 0.152 e. The number of hydrazine groups is 1. The van der Waals surface area contributed by atoms with E-state index in [1.54, 1.807) is 6.33 Å². The number of hydrogen-bond donors (Lipinski definition) is 1. The topological polar surface area (TPSA) is 41.1 Å². The lowest BCUT2D eigenvalue weighted by Crippen LogP contribution is -2.35. The van der Waals surface area contributed by atoms with Gasteiger partial charge in [0, 0.05) is 18.0 Å². The van der Waals surface area contributed by atoms with Crippen LogP contribution in [0.1, 0.15) is 42.5 Å². The Morgan fingerprint density at radius 1 is 1.00 bits per heavy atom. The van der Waals surface area contributed by atoms with Crippen molar-refractivity contribution in [1.82, 2.24) is 15.0 Å². The summed E-state index contributed by atoms with van der Waals surface area (Å²) in [7, 11) is 0. The number of thiophene rings is 1. The Balaban J connectivity index is 1.72. The van der Waals surface area contributed by atoms with E-state index in [2.05, 4.69) is 20.4 Å². The number of nitrogens with zero attached hydrogens (tertiary/aromatic N) is 3. The van der Waals surface area contributed by atoms with Crippen LogP contribution in [0, 0.1) is 0 Å². The van der Waals surface area contributed by atoms with Crippen molar-refractivity contribution in [3.63, 3.8) is 0 Å². The summed E-state index contributed by atoms with van der Waals surface area (Å²) in [6.07, 6.45) is 10.7. The molecule has 0 aromatic carbocycles. The first kappa shape index (κ1) is 12.5. The molecule has 1 fully saturated rings. The van der Waals surface area contributed by atoms with Crippen LogP contribution in [0.15, 0.2) is 6.33 Å². The number of fused-ring (bicyclic) bond motifs is 3. The normalized spacial score (nSPS) is 20.0. The van der Waals surface area contributed by atoms with Crippen molar-refractivity contribution in [1.29, 1.82) is 0 Å². The van der Waals surface area contributed by atoms with Crippen LogP contribution in [0.4, 0.5) is 5.82 Å². The number of piperidine rings is 1. The summed E-state index contributed by atoms with van der Waals surface area (Å²) in [6, 6.07) is 0. The molecule has 106 valence electrons. The standard InChI is InChI=1S/C15H20N4S/c1-4-8-19(9-5-1)18-14-13-11-6-2-3-7-12(11)20-15(13)17-10-16-14/h10H,1-9H2,(H,16,17,18). The molecule has 20 heavy (non-hydrogen) atoms. The van der Waals surface area contributed by atoms with Gasteiger partial charge in [-0.3, -0.25) is 0 Å². The van der Waals surface area contributed by atoms with E-state index < -0.39 is 0 Å². The zero-order valence-electron chi connectivity index (χ0n) is 11.7. The molecule has 4 rings (SSSR count). The average molecular weight is 288 g/mol. The molecule has 0 bridgehead atoms. The largest absolute Gasteiger partial charge is 0.302 e. The maximum Gasteiger partial charge on any atom is 0.152 e. The van der Waals surface area contributed by atoms with Gasteiger partial charge < -0.3 is 5.43 Å². The van der Waals surface area contributed by atoms with Gasteiger partial charge in [-0.2, -0.15) is 0 Å². The predicted octanol–water partition coefficient (Wildman–Crippen LogP) is 3.38. The zero-order chi connectivity index (χ0) is 13.4. The Labute approximate surface area is 123 Å². The highest BCUT2D eigenvalue weighted by Crippen LogP contribution is 2.38. The van der Waals surface area contributed by atoms with Crippen molar-refractivity contribution < 1.29 is 0 Å². The lowest BCUT2D eigenvalue weighted by molar-refractivity contribution is 0.272. The zero-order valence-corrected chi connectivity index (χ0v) is 12.5. The molecule has 0 amide bonds. The van der Waals surface area contributed by atoms with Gasteiger partial charge in [0.15, 0.2) is 5.82 Å². The molecule has 5 heteroatoms. The minimum Gasteiger partial charge on any atom is -0.302 e. The van der Waals surface area contributed by atoms with E-state index in [0.29, 0.717) is 0 Å². The Bertz CT molecular complexity index is 616. The van der Waals surface area contributed by atoms with Gasteiger partial charge in [-0.25, -0.2) is 15.0 Å². The first-order chi connectivity index (χ1) is 9.92. The number of aromatic nitrogens is 2. The molecule has 1 aliphatic heterocycles. The highest BCUT2D eigenvalue weighted by Gasteiger charge is 2.21. The molecule has 1 saturated heterocycles. The second kappa shape index (κ2) is 5.30. The molecule has 0 atom stereocenters.